The predicted octanol–water partition coefficient (Wildman–Crippen LogP) is 1.60. The molecule has 0 saturated carbocycles. The Morgan fingerprint density at radius 1 is 1.57 bits per heavy atom. The van der Waals surface area contributed by atoms with E-state index in [0.717, 1.165) is 6.07 Å². The van der Waals surface area contributed by atoms with Gasteiger partial charge in [-0.3, -0.25) is 20.3 Å². The van der Waals surface area contributed by atoms with Crippen molar-refractivity contribution in [2.75, 3.05) is 12.5 Å². The number of phenols is 1. The second-order valence-electron chi connectivity index (χ2n) is 4.14. The maximum Gasteiger partial charge on any atom is 0.315 e. The Hall–Kier alpha value is -2.95. The Morgan fingerprint density at radius 2 is 2.30 bits per heavy atom. The number of aromatic nitrogens is 2. The van der Waals surface area contributed by atoms with Crippen molar-refractivity contribution in [1.29, 1.82) is 0 Å². The summed E-state index contributed by atoms with van der Waals surface area (Å²) in [4.78, 5) is 21.5. The third-order valence-electron chi connectivity index (χ3n) is 2.69. The van der Waals surface area contributed by atoms with E-state index >= 15 is 0 Å². The van der Waals surface area contributed by atoms with Gasteiger partial charge in [-0.15, -0.1) is 0 Å². The van der Waals surface area contributed by atoms with Gasteiger partial charge in [0.15, 0.2) is 5.75 Å². The van der Waals surface area contributed by atoms with Crippen LogP contribution in [0.3, 0.4) is 0 Å². The summed E-state index contributed by atoms with van der Waals surface area (Å²) >= 11 is 3.07. The molecule has 1 aromatic carbocycles. The van der Waals surface area contributed by atoms with Crippen LogP contribution in [0.25, 0.3) is 0 Å². The van der Waals surface area contributed by atoms with Crippen LogP contribution in [0.4, 0.5) is 11.4 Å². The molecule has 120 valence electrons. The first-order chi connectivity index (χ1) is 10.9. The smallest absolute Gasteiger partial charge is 0.315 e. The van der Waals surface area contributed by atoms with Crippen LogP contribution in [0, 0.1) is 10.1 Å². The first kappa shape index (κ1) is 16.4. The van der Waals surface area contributed by atoms with Gasteiger partial charge in [-0.2, -0.15) is 10.2 Å². The van der Waals surface area contributed by atoms with E-state index in [-0.39, 0.29) is 10.2 Å². The number of nitrogens with one attached hydrogen (secondary N) is 2. The monoisotopic (exact) mass is 383 g/mol. The fourth-order valence-electron chi connectivity index (χ4n) is 1.62. The summed E-state index contributed by atoms with van der Waals surface area (Å²) in [6, 6.07) is 2.51. The number of ether oxygens (including phenoxy) is 1. The number of H-pyrrole nitrogens is 1. The number of nitro benzene ring substituents is 1. The fourth-order valence-corrected chi connectivity index (χ4v) is 1.90. The average Bonchev–Trinajstić information content (AvgIpc) is 2.52. The van der Waals surface area contributed by atoms with E-state index in [4.69, 9.17) is 4.74 Å². The SMILES string of the molecule is COc1cc(C=NNc2cn[nH]c(=O)c2Br)cc([N+](=O)[O-])c1O. The van der Waals surface area contributed by atoms with E-state index in [1.165, 1.54) is 25.6 Å². The van der Waals surface area contributed by atoms with Crippen molar-refractivity contribution in [3.05, 3.63) is 48.8 Å². The lowest BCUT2D eigenvalue weighted by molar-refractivity contribution is -0.386. The van der Waals surface area contributed by atoms with Crippen LogP contribution in [0.2, 0.25) is 0 Å². The number of phenolic OH excluding ortho intramolecular Hbond substituents is 1. The van der Waals surface area contributed by atoms with E-state index in [1.807, 2.05) is 0 Å². The van der Waals surface area contributed by atoms with Crippen molar-refractivity contribution in [3.63, 3.8) is 0 Å². The summed E-state index contributed by atoms with van der Waals surface area (Å²) in [6.07, 6.45) is 2.60. The average molecular weight is 384 g/mol. The lowest BCUT2D eigenvalue weighted by Crippen LogP contribution is -2.10. The molecule has 0 spiro atoms. The zero-order chi connectivity index (χ0) is 17.0. The predicted molar refractivity (Wildman–Crippen MR) is 85.1 cm³/mol. The minimum Gasteiger partial charge on any atom is -0.500 e. The van der Waals surface area contributed by atoms with Crippen molar-refractivity contribution in [3.8, 4) is 11.5 Å². The fraction of sp³-hybridized carbons (Fsp3) is 0.0833. The molecule has 0 saturated heterocycles. The zero-order valence-electron chi connectivity index (χ0n) is 11.6. The minimum absolute atomic E-state index is 0.0559. The summed E-state index contributed by atoms with van der Waals surface area (Å²) < 4.78 is 5.08. The Labute approximate surface area is 137 Å². The number of aromatic hydroxyl groups is 1. The molecule has 1 heterocycles. The number of benzene rings is 1. The molecule has 10 nitrogen and oxygen atoms in total. The Morgan fingerprint density at radius 3 is 2.96 bits per heavy atom. The van der Waals surface area contributed by atoms with E-state index in [2.05, 4.69) is 36.7 Å². The van der Waals surface area contributed by atoms with Gasteiger partial charge >= 0.3 is 5.69 Å². The normalized spacial score (nSPS) is 10.7. The maximum atomic E-state index is 11.3. The number of rotatable bonds is 5. The van der Waals surface area contributed by atoms with Gasteiger partial charge in [0.05, 0.1) is 30.1 Å². The number of halogens is 1. The molecule has 0 amide bonds. The van der Waals surface area contributed by atoms with Gasteiger partial charge in [0, 0.05) is 11.6 Å². The number of hydrogen-bond acceptors (Lipinski definition) is 8. The molecule has 0 fully saturated rings. The van der Waals surface area contributed by atoms with Crippen molar-refractivity contribution in [2.24, 2.45) is 5.10 Å². The number of anilines is 1. The van der Waals surface area contributed by atoms with Crippen LogP contribution in [-0.2, 0) is 0 Å². The molecule has 0 aliphatic heterocycles. The van der Waals surface area contributed by atoms with Gasteiger partial charge in [-0.05, 0) is 22.0 Å². The van der Waals surface area contributed by atoms with Crippen molar-refractivity contribution < 1.29 is 14.8 Å². The molecule has 0 aliphatic rings. The van der Waals surface area contributed by atoms with Crippen LogP contribution in [0.1, 0.15) is 5.56 Å². The van der Waals surface area contributed by atoms with Crippen molar-refractivity contribution >= 4 is 33.5 Å². The number of hydrogen-bond donors (Lipinski definition) is 3. The first-order valence-electron chi connectivity index (χ1n) is 6.01. The standard InChI is InChI=1S/C12H10BrN5O5/c1-23-9-3-6(2-8(11(9)19)18(21)22)4-14-16-7-5-15-17-12(20)10(7)13/h2-5,19H,1H3,(H2,16,17,20). The molecule has 11 heteroatoms. The molecule has 0 bridgehead atoms. The van der Waals surface area contributed by atoms with Gasteiger partial charge in [0.25, 0.3) is 5.56 Å². The molecule has 0 radical (unpaired) electrons. The quantitative estimate of drug-likeness (QED) is 0.404. The van der Waals surface area contributed by atoms with Gasteiger partial charge in [-0.25, -0.2) is 5.10 Å². The third-order valence-corrected chi connectivity index (χ3v) is 3.48. The second-order valence-corrected chi connectivity index (χ2v) is 4.94. The molecule has 2 rings (SSSR count). The summed E-state index contributed by atoms with van der Waals surface area (Å²) in [7, 11) is 1.27. The molecular weight excluding hydrogens is 374 g/mol. The van der Waals surface area contributed by atoms with Crippen LogP contribution >= 0.6 is 15.9 Å². The number of hydrazone groups is 1. The van der Waals surface area contributed by atoms with Crippen molar-refractivity contribution in [1.82, 2.24) is 10.2 Å². The molecule has 0 atom stereocenters. The Balaban J connectivity index is 2.29. The molecule has 3 N–H and O–H groups in total. The first-order valence-corrected chi connectivity index (χ1v) is 6.81. The van der Waals surface area contributed by atoms with E-state index < -0.39 is 21.9 Å². The number of nitrogens with zero attached hydrogens (tertiary/aromatic N) is 3. The number of nitro groups is 1. The molecule has 1 aromatic heterocycles. The van der Waals surface area contributed by atoms with Crippen LogP contribution in [0.5, 0.6) is 11.5 Å². The number of methoxy groups -OCH3 is 1. The molecule has 0 aliphatic carbocycles. The molecule has 2 aromatic rings. The topological polar surface area (TPSA) is 143 Å². The van der Waals surface area contributed by atoms with Crippen LogP contribution in [-0.4, -0.2) is 33.6 Å². The highest BCUT2D eigenvalue weighted by molar-refractivity contribution is 9.10. The minimum atomic E-state index is -0.736. The van der Waals surface area contributed by atoms with Gasteiger partial charge in [-0.1, -0.05) is 0 Å². The van der Waals surface area contributed by atoms with Gasteiger partial charge < -0.3 is 9.84 Å². The summed E-state index contributed by atoms with van der Waals surface area (Å²) in [6.45, 7) is 0. The Bertz CT molecular complexity index is 835. The largest absolute Gasteiger partial charge is 0.500 e. The van der Waals surface area contributed by atoms with Gasteiger partial charge in [0.1, 0.15) is 4.47 Å². The zero-order valence-corrected chi connectivity index (χ0v) is 13.2. The van der Waals surface area contributed by atoms with Crippen LogP contribution in [0.15, 0.2) is 32.7 Å². The lowest BCUT2D eigenvalue weighted by Gasteiger charge is -2.05. The molecule has 0 unspecified atom stereocenters. The Kier molecular flexibility index (Phi) is 4.91. The second kappa shape index (κ2) is 6.87. The third kappa shape index (κ3) is 3.63. The molecular formula is C12H10BrN5O5. The van der Waals surface area contributed by atoms with Crippen molar-refractivity contribution in [2.45, 2.75) is 0 Å². The van der Waals surface area contributed by atoms with E-state index in [0.29, 0.717) is 11.3 Å². The van der Waals surface area contributed by atoms with E-state index in [9.17, 15) is 20.0 Å². The summed E-state index contributed by atoms with van der Waals surface area (Å²) in [5.41, 5.74) is 2.25. The summed E-state index contributed by atoms with van der Waals surface area (Å²) in [5.74, 6) is -0.621. The highest BCUT2D eigenvalue weighted by atomic mass is 79.9. The highest BCUT2D eigenvalue weighted by Gasteiger charge is 2.19. The summed E-state index contributed by atoms with van der Waals surface area (Å²) in [5, 5.41) is 30.3. The highest BCUT2D eigenvalue weighted by Crippen LogP contribution is 2.36. The van der Waals surface area contributed by atoms with E-state index in [1.54, 1.807) is 0 Å². The molecule has 23 heavy (non-hydrogen) atoms. The van der Waals surface area contributed by atoms with Crippen LogP contribution < -0.4 is 15.7 Å². The maximum absolute atomic E-state index is 11.3. The van der Waals surface area contributed by atoms with Gasteiger partial charge in [0.2, 0.25) is 5.75 Å². The lowest BCUT2D eigenvalue weighted by atomic mass is 10.2. The number of aromatic amines is 1.